The lowest BCUT2D eigenvalue weighted by Gasteiger charge is -1.99. The number of hydrogen-bond donors (Lipinski definition) is 0. The van der Waals surface area contributed by atoms with E-state index in [4.69, 9.17) is 0 Å². The Labute approximate surface area is 73.0 Å². The van der Waals surface area contributed by atoms with Crippen LogP contribution in [0.3, 0.4) is 0 Å². The van der Waals surface area contributed by atoms with Crippen LogP contribution in [0, 0.1) is 18.6 Å². The predicted octanol–water partition coefficient (Wildman–Crippen LogP) is 1.55. The van der Waals surface area contributed by atoms with Crippen molar-refractivity contribution in [2.75, 3.05) is 0 Å². The van der Waals surface area contributed by atoms with Crippen molar-refractivity contribution in [3.63, 3.8) is 0 Å². The zero-order chi connectivity index (χ0) is 9.59. The minimum Gasteiger partial charge on any atom is -0.245 e. The second kappa shape index (κ2) is 2.48. The number of aromatic nitrogens is 3. The van der Waals surface area contributed by atoms with E-state index in [1.54, 1.807) is 0 Å². The average molecular weight is 183 g/mol. The van der Waals surface area contributed by atoms with Gasteiger partial charge >= 0.3 is 0 Å². The molecule has 0 aliphatic carbocycles. The van der Waals surface area contributed by atoms with Crippen LogP contribution in [0.15, 0.2) is 6.07 Å². The summed E-state index contributed by atoms with van der Waals surface area (Å²) in [4.78, 5) is 0. The summed E-state index contributed by atoms with van der Waals surface area (Å²) in [7, 11) is 1.52. The second-order valence-corrected chi connectivity index (χ2v) is 2.90. The van der Waals surface area contributed by atoms with Gasteiger partial charge in [-0.15, -0.1) is 5.10 Å². The van der Waals surface area contributed by atoms with Crippen LogP contribution in [0.5, 0.6) is 0 Å². The average Bonchev–Trinajstić information content (AvgIpc) is 2.43. The molecule has 0 fully saturated rings. The van der Waals surface area contributed by atoms with Crippen molar-refractivity contribution in [1.29, 1.82) is 0 Å². The maximum atomic E-state index is 13.3. The molecule has 0 radical (unpaired) electrons. The van der Waals surface area contributed by atoms with Crippen LogP contribution in [0.4, 0.5) is 8.78 Å². The molecular weight excluding hydrogens is 176 g/mol. The van der Waals surface area contributed by atoms with Crippen LogP contribution in [0.1, 0.15) is 5.56 Å². The van der Waals surface area contributed by atoms with Crippen molar-refractivity contribution in [2.45, 2.75) is 6.92 Å². The number of halogens is 2. The van der Waals surface area contributed by atoms with E-state index in [1.165, 1.54) is 24.7 Å². The molecule has 0 amide bonds. The second-order valence-electron chi connectivity index (χ2n) is 2.90. The molecule has 5 heteroatoms. The molecule has 0 spiro atoms. The summed E-state index contributed by atoms with van der Waals surface area (Å²) < 4.78 is 27.6. The third kappa shape index (κ3) is 0.998. The molecule has 2 aromatic rings. The molecule has 0 atom stereocenters. The first-order valence-electron chi connectivity index (χ1n) is 3.75. The van der Waals surface area contributed by atoms with Crippen LogP contribution in [0.2, 0.25) is 0 Å². The Morgan fingerprint density at radius 1 is 1.31 bits per heavy atom. The first kappa shape index (κ1) is 8.10. The van der Waals surface area contributed by atoms with Crippen molar-refractivity contribution >= 4 is 11.0 Å². The van der Waals surface area contributed by atoms with Gasteiger partial charge in [0.2, 0.25) is 0 Å². The number of nitrogens with zero attached hydrogens (tertiary/aromatic N) is 3. The Hall–Kier alpha value is -1.52. The lowest BCUT2D eigenvalue weighted by Crippen LogP contribution is -1.96. The van der Waals surface area contributed by atoms with Crippen LogP contribution < -0.4 is 0 Å². The van der Waals surface area contributed by atoms with E-state index in [-0.39, 0.29) is 11.1 Å². The van der Waals surface area contributed by atoms with Gasteiger partial charge in [-0.2, -0.15) is 0 Å². The van der Waals surface area contributed by atoms with E-state index in [1.807, 2.05) is 0 Å². The Balaban J connectivity index is 2.97. The minimum absolute atomic E-state index is 0.100. The first-order chi connectivity index (χ1) is 6.11. The summed E-state index contributed by atoms with van der Waals surface area (Å²) in [6.45, 7) is 1.49. The standard InChI is InChI=1S/C8H7F2N3/c1-4-3-5-8(7(10)6(4)9)13(2)12-11-5/h3H,1-2H3. The van der Waals surface area contributed by atoms with Gasteiger partial charge in [-0.1, -0.05) is 5.21 Å². The van der Waals surface area contributed by atoms with Crippen LogP contribution in [0.25, 0.3) is 11.0 Å². The molecule has 0 aliphatic rings. The minimum atomic E-state index is -0.887. The normalized spacial score (nSPS) is 11.1. The fourth-order valence-electron chi connectivity index (χ4n) is 1.27. The van der Waals surface area contributed by atoms with Crippen molar-refractivity contribution in [3.8, 4) is 0 Å². The molecule has 0 N–H and O–H groups in total. The Morgan fingerprint density at radius 2 is 2.00 bits per heavy atom. The molecule has 1 heterocycles. The zero-order valence-corrected chi connectivity index (χ0v) is 7.17. The van der Waals surface area contributed by atoms with Crippen molar-refractivity contribution in [1.82, 2.24) is 15.0 Å². The number of hydrogen-bond acceptors (Lipinski definition) is 2. The third-order valence-corrected chi connectivity index (χ3v) is 1.95. The van der Waals surface area contributed by atoms with Gasteiger partial charge in [0.1, 0.15) is 11.0 Å². The largest absolute Gasteiger partial charge is 0.245 e. The Bertz CT molecular complexity index is 476. The van der Waals surface area contributed by atoms with Crippen molar-refractivity contribution in [2.24, 2.45) is 7.05 Å². The number of aryl methyl sites for hydroxylation is 2. The first-order valence-corrected chi connectivity index (χ1v) is 3.75. The topological polar surface area (TPSA) is 30.7 Å². The van der Waals surface area contributed by atoms with E-state index >= 15 is 0 Å². The highest BCUT2D eigenvalue weighted by molar-refractivity contribution is 5.75. The molecule has 1 aromatic carbocycles. The molecule has 3 nitrogen and oxygen atoms in total. The molecule has 0 saturated heterocycles. The van der Waals surface area contributed by atoms with Crippen molar-refractivity contribution in [3.05, 3.63) is 23.3 Å². The van der Waals surface area contributed by atoms with Gasteiger partial charge < -0.3 is 0 Å². The molecule has 1 aromatic heterocycles. The van der Waals surface area contributed by atoms with Crippen LogP contribution in [-0.2, 0) is 7.05 Å². The highest BCUT2D eigenvalue weighted by Gasteiger charge is 2.14. The summed E-state index contributed by atoms with van der Waals surface area (Å²) in [5.41, 5.74) is 0.715. The summed E-state index contributed by atoms with van der Waals surface area (Å²) >= 11 is 0. The van der Waals surface area contributed by atoms with Crippen LogP contribution >= 0.6 is 0 Å². The summed E-state index contributed by atoms with van der Waals surface area (Å²) in [5, 5.41) is 7.29. The fourth-order valence-corrected chi connectivity index (χ4v) is 1.27. The maximum Gasteiger partial charge on any atom is 0.186 e. The van der Waals surface area contributed by atoms with Crippen molar-refractivity contribution < 1.29 is 8.78 Å². The maximum absolute atomic E-state index is 13.3. The smallest absolute Gasteiger partial charge is 0.186 e. The number of benzene rings is 1. The highest BCUT2D eigenvalue weighted by Crippen LogP contribution is 2.20. The molecular formula is C8H7F2N3. The van der Waals surface area contributed by atoms with E-state index in [2.05, 4.69) is 10.3 Å². The summed E-state index contributed by atoms with van der Waals surface area (Å²) in [6, 6.07) is 1.47. The predicted molar refractivity (Wildman–Crippen MR) is 43.2 cm³/mol. The molecule has 0 unspecified atom stereocenters. The molecule has 2 rings (SSSR count). The molecule has 68 valence electrons. The van der Waals surface area contributed by atoms with E-state index < -0.39 is 11.6 Å². The number of rotatable bonds is 0. The van der Waals surface area contributed by atoms with Gasteiger partial charge in [0.15, 0.2) is 11.6 Å². The van der Waals surface area contributed by atoms with E-state index in [0.29, 0.717) is 5.52 Å². The lowest BCUT2D eigenvalue weighted by atomic mass is 10.2. The summed E-state index contributed by atoms with van der Waals surface area (Å²) in [6.07, 6.45) is 0. The molecule has 0 bridgehead atoms. The SMILES string of the molecule is Cc1cc2nnn(C)c2c(F)c1F. The van der Waals surface area contributed by atoms with Crippen LogP contribution in [-0.4, -0.2) is 15.0 Å². The van der Waals surface area contributed by atoms with Gasteiger partial charge in [0, 0.05) is 7.05 Å². The van der Waals surface area contributed by atoms with Gasteiger partial charge in [0.05, 0.1) is 0 Å². The summed E-state index contributed by atoms with van der Waals surface area (Å²) in [5.74, 6) is -1.72. The fraction of sp³-hybridized carbons (Fsp3) is 0.250. The van der Waals surface area contributed by atoms with Gasteiger partial charge in [-0.05, 0) is 18.6 Å². The van der Waals surface area contributed by atoms with E-state index in [0.717, 1.165) is 0 Å². The van der Waals surface area contributed by atoms with Gasteiger partial charge in [-0.25, -0.2) is 13.5 Å². The third-order valence-electron chi connectivity index (χ3n) is 1.95. The molecule has 0 saturated carbocycles. The zero-order valence-electron chi connectivity index (χ0n) is 7.17. The monoisotopic (exact) mass is 183 g/mol. The van der Waals surface area contributed by atoms with E-state index in [9.17, 15) is 8.78 Å². The quantitative estimate of drug-likeness (QED) is 0.620. The highest BCUT2D eigenvalue weighted by atomic mass is 19.2. The Morgan fingerprint density at radius 3 is 2.69 bits per heavy atom. The molecule has 13 heavy (non-hydrogen) atoms. The molecule has 0 aliphatic heterocycles. The Kier molecular flexibility index (Phi) is 1.55. The van der Waals surface area contributed by atoms with Gasteiger partial charge in [0.25, 0.3) is 0 Å². The lowest BCUT2D eigenvalue weighted by molar-refractivity contribution is 0.506. The number of fused-ring (bicyclic) bond motifs is 1. The van der Waals surface area contributed by atoms with Gasteiger partial charge in [-0.3, -0.25) is 0 Å².